The fourth-order valence-electron chi connectivity index (χ4n) is 2.03. The molecule has 2 N–H and O–H groups in total. The molecule has 0 unspecified atom stereocenters. The average molecular weight is 372 g/mol. The van der Waals surface area contributed by atoms with E-state index in [-0.39, 0.29) is 18.4 Å². The van der Waals surface area contributed by atoms with Crippen LogP contribution in [0.4, 0.5) is 5.69 Å². The van der Waals surface area contributed by atoms with E-state index in [1.54, 1.807) is 23.9 Å². The van der Waals surface area contributed by atoms with E-state index in [0.717, 1.165) is 10.6 Å². The van der Waals surface area contributed by atoms with Gasteiger partial charge in [0.2, 0.25) is 5.91 Å². The predicted molar refractivity (Wildman–Crippen MR) is 101 cm³/mol. The molecular formula is C19H20N2O4S. The number of benzene rings is 2. The van der Waals surface area contributed by atoms with E-state index >= 15 is 0 Å². The lowest BCUT2D eigenvalue weighted by atomic mass is 10.2. The first-order chi connectivity index (χ1) is 12.5. The number of esters is 1. The van der Waals surface area contributed by atoms with Crippen LogP contribution in [0.3, 0.4) is 0 Å². The number of rotatable bonds is 8. The molecule has 26 heavy (non-hydrogen) atoms. The number of hydrogen-bond donors (Lipinski definition) is 2. The van der Waals surface area contributed by atoms with Gasteiger partial charge in [-0.2, -0.15) is 0 Å². The van der Waals surface area contributed by atoms with Crippen molar-refractivity contribution >= 4 is 35.2 Å². The van der Waals surface area contributed by atoms with Gasteiger partial charge in [0.05, 0.1) is 5.56 Å². The largest absolute Gasteiger partial charge is 0.452 e. The molecule has 2 aromatic rings. The Morgan fingerprint density at radius 1 is 1.00 bits per heavy atom. The Balaban J connectivity index is 1.66. The molecule has 0 fully saturated rings. The van der Waals surface area contributed by atoms with E-state index in [2.05, 4.69) is 10.6 Å². The molecule has 2 aromatic carbocycles. The summed E-state index contributed by atoms with van der Waals surface area (Å²) in [5.74, 6) is -0.397. The maximum atomic E-state index is 11.9. The second-order valence-corrected chi connectivity index (χ2v) is 6.51. The molecule has 0 bridgehead atoms. The summed E-state index contributed by atoms with van der Waals surface area (Å²) in [6.07, 6.45) is 0. The molecule has 2 rings (SSSR count). The number of carbonyl (C=O) groups is 3. The minimum atomic E-state index is -0.590. The van der Waals surface area contributed by atoms with Gasteiger partial charge in [-0.1, -0.05) is 18.2 Å². The van der Waals surface area contributed by atoms with Crippen LogP contribution >= 0.6 is 11.8 Å². The first-order valence-electron chi connectivity index (χ1n) is 8.04. The zero-order valence-electron chi connectivity index (χ0n) is 14.4. The molecule has 0 saturated carbocycles. The Hall–Kier alpha value is -2.80. The smallest absolute Gasteiger partial charge is 0.338 e. The van der Waals surface area contributed by atoms with Gasteiger partial charge < -0.3 is 15.4 Å². The van der Waals surface area contributed by atoms with Crippen molar-refractivity contribution in [2.45, 2.75) is 11.8 Å². The highest BCUT2D eigenvalue weighted by molar-refractivity contribution is 7.99. The number of amides is 2. The standard InChI is InChI=1S/C19H20N2O4S/c1-14(22)21-16-9-7-15(8-10-16)19(24)25-13-18(23)20-11-12-26-17-5-3-2-4-6-17/h2-10H,11-13H2,1H3,(H,20,23)(H,21,22). The first kappa shape index (κ1) is 19.5. The highest BCUT2D eigenvalue weighted by atomic mass is 32.2. The molecule has 136 valence electrons. The monoisotopic (exact) mass is 372 g/mol. The summed E-state index contributed by atoms with van der Waals surface area (Å²) >= 11 is 1.64. The maximum Gasteiger partial charge on any atom is 0.338 e. The number of carbonyl (C=O) groups excluding carboxylic acids is 3. The van der Waals surface area contributed by atoms with Gasteiger partial charge in [-0.25, -0.2) is 4.79 Å². The average Bonchev–Trinajstić information content (AvgIpc) is 2.64. The van der Waals surface area contributed by atoms with Crippen molar-refractivity contribution in [3.63, 3.8) is 0 Å². The zero-order valence-corrected chi connectivity index (χ0v) is 15.2. The second-order valence-electron chi connectivity index (χ2n) is 5.35. The van der Waals surface area contributed by atoms with Gasteiger partial charge in [0.15, 0.2) is 6.61 Å². The molecular weight excluding hydrogens is 352 g/mol. The number of ether oxygens (including phenoxy) is 1. The summed E-state index contributed by atoms with van der Waals surface area (Å²) in [7, 11) is 0. The van der Waals surface area contributed by atoms with Gasteiger partial charge >= 0.3 is 5.97 Å². The summed E-state index contributed by atoms with van der Waals surface area (Å²) in [5.41, 5.74) is 0.897. The summed E-state index contributed by atoms with van der Waals surface area (Å²) < 4.78 is 4.98. The Morgan fingerprint density at radius 2 is 1.69 bits per heavy atom. The van der Waals surface area contributed by atoms with E-state index < -0.39 is 5.97 Å². The van der Waals surface area contributed by atoms with Crippen molar-refractivity contribution in [3.05, 3.63) is 60.2 Å². The molecule has 6 nitrogen and oxygen atoms in total. The summed E-state index contributed by atoms with van der Waals surface area (Å²) in [6.45, 7) is 1.56. The fourth-order valence-corrected chi connectivity index (χ4v) is 2.82. The van der Waals surface area contributed by atoms with E-state index in [1.165, 1.54) is 19.1 Å². The summed E-state index contributed by atoms with van der Waals surface area (Å²) in [4.78, 5) is 35.7. The Bertz CT molecular complexity index is 748. The molecule has 0 aliphatic heterocycles. The Labute approximate surface area is 156 Å². The third-order valence-electron chi connectivity index (χ3n) is 3.21. The highest BCUT2D eigenvalue weighted by Gasteiger charge is 2.10. The highest BCUT2D eigenvalue weighted by Crippen LogP contribution is 2.15. The molecule has 0 saturated heterocycles. The van der Waals surface area contributed by atoms with Crippen molar-refractivity contribution in [1.29, 1.82) is 0 Å². The molecule has 0 atom stereocenters. The Kier molecular flexibility index (Phi) is 7.70. The van der Waals surface area contributed by atoms with Crippen molar-refractivity contribution in [3.8, 4) is 0 Å². The zero-order chi connectivity index (χ0) is 18.8. The number of anilines is 1. The van der Waals surface area contributed by atoms with E-state index in [1.807, 2.05) is 30.3 Å². The quantitative estimate of drug-likeness (QED) is 0.423. The molecule has 0 aliphatic rings. The fraction of sp³-hybridized carbons (Fsp3) is 0.211. The molecule has 0 aliphatic carbocycles. The molecule has 0 spiro atoms. The van der Waals surface area contributed by atoms with Crippen LogP contribution in [0.5, 0.6) is 0 Å². The lowest BCUT2D eigenvalue weighted by molar-refractivity contribution is -0.124. The molecule has 0 radical (unpaired) electrons. The van der Waals surface area contributed by atoms with E-state index in [0.29, 0.717) is 17.8 Å². The third kappa shape index (κ3) is 6.98. The van der Waals surface area contributed by atoms with Crippen LogP contribution in [0.15, 0.2) is 59.5 Å². The van der Waals surface area contributed by atoms with Gasteiger partial charge in [-0.3, -0.25) is 9.59 Å². The minimum absolute atomic E-state index is 0.192. The summed E-state index contributed by atoms with van der Waals surface area (Å²) in [5, 5.41) is 5.31. The van der Waals surface area contributed by atoms with Gasteiger partial charge in [-0.15, -0.1) is 11.8 Å². The SMILES string of the molecule is CC(=O)Nc1ccc(C(=O)OCC(=O)NCCSc2ccccc2)cc1. The van der Waals surface area contributed by atoms with Gasteiger partial charge in [0.1, 0.15) is 0 Å². The maximum absolute atomic E-state index is 11.9. The first-order valence-corrected chi connectivity index (χ1v) is 9.02. The van der Waals surface area contributed by atoms with Gasteiger partial charge in [0.25, 0.3) is 5.91 Å². The Morgan fingerprint density at radius 3 is 2.35 bits per heavy atom. The molecule has 2 amide bonds. The van der Waals surface area contributed by atoms with Gasteiger partial charge in [0, 0.05) is 29.8 Å². The third-order valence-corrected chi connectivity index (χ3v) is 4.23. The van der Waals surface area contributed by atoms with Crippen molar-refractivity contribution in [2.75, 3.05) is 24.2 Å². The van der Waals surface area contributed by atoms with Crippen LogP contribution in [-0.2, 0) is 14.3 Å². The van der Waals surface area contributed by atoms with Crippen LogP contribution < -0.4 is 10.6 Å². The van der Waals surface area contributed by atoms with Gasteiger partial charge in [-0.05, 0) is 36.4 Å². The number of hydrogen-bond acceptors (Lipinski definition) is 5. The summed E-state index contributed by atoms with van der Waals surface area (Å²) in [6, 6.07) is 16.1. The number of thioether (sulfide) groups is 1. The van der Waals surface area contributed by atoms with Crippen LogP contribution in [0.25, 0.3) is 0 Å². The lowest BCUT2D eigenvalue weighted by Gasteiger charge is -2.07. The van der Waals surface area contributed by atoms with Crippen LogP contribution in [0.2, 0.25) is 0 Å². The molecule has 0 aromatic heterocycles. The molecule has 0 heterocycles. The minimum Gasteiger partial charge on any atom is -0.452 e. The van der Waals surface area contributed by atoms with Crippen molar-refractivity contribution < 1.29 is 19.1 Å². The van der Waals surface area contributed by atoms with Crippen LogP contribution in [-0.4, -0.2) is 36.7 Å². The van der Waals surface area contributed by atoms with Crippen molar-refractivity contribution in [2.24, 2.45) is 0 Å². The normalized spacial score (nSPS) is 10.0. The predicted octanol–water partition coefficient (Wildman–Crippen LogP) is 2.71. The molecule has 7 heteroatoms. The van der Waals surface area contributed by atoms with Crippen molar-refractivity contribution in [1.82, 2.24) is 5.32 Å². The van der Waals surface area contributed by atoms with Crippen LogP contribution in [0, 0.1) is 0 Å². The topological polar surface area (TPSA) is 84.5 Å². The second kappa shape index (κ2) is 10.2. The van der Waals surface area contributed by atoms with E-state index in [4.69, 9.17) is 4.74 Å². The van der Waals surface area contributed by atoms with Crippen LogP contribution in [0.1, 0.15) is 17.3 Å². The lowest BCUT2D eigenvalue weighted by Crippen LogP contribution is -2.30. The van der Waals surface area contributed by atoms with E-state index in [9.17, 15) is 14.4 Å². The number of nitrogens with one attached hydrogen (secondary N) is 2.